The Morgan fingerprint density at radius 1 is 1.10 bits per heavy atom. The third kappa shape index (κ3) is 9.81. The van der Waals surface area contributed by atoms with Crippen molar-refractivity contribution in [2.24, 2.45) is 5.28 Å². The van der Waals surface area contributed by atoms with Gasteiger partial charge in [0, 0.05) is 18.9 Å². The number of sulfonamides is 1. The first kappa shape index (κ1) is 36.4. The summed E-state index contributed by atoms with van der Waals surface area (Å²) in [5, 5.41) is 19.9. The van der Waals surface area contributed by atoms with E-state index in [2.05, 4.69) is 19.8 Å². The molecule has 49 heavy (non-hydrogen) atoms. The van der Waals surface area contributed by atoms with E-state index in [-0.39, 0.29) is 40.9 Å². The monoisotopic (exact) mass is 712 g/mol. The molecule has 3 aromatic rings. The minimum absolute atomic E-state index is 0.0612. The molecule has 0 saturated carbocycles. The molecule has 0 spiro atoms. The van der Waals surface area contributed by atoms with Crippen molar-refractivity contribution in [2.75, 3.05) is 19.7 Å². The molecule has 0 radical (unpaired) electrons. The lowest BCUT2D eigenvalue weighted by molar-refractivity contribution is -0.728. The van der Waals surface area contributed by atoms with Crippen molar-refractivity contribution in [1.29, 1.82) is 0 Å². The van der Waals surface area contributed by atoms with Gasteiger partial charge in [0.05, 0.1) is 34.3 Å². The fourth-order valence-corrected chi connectivity index (χ4v) is 5.25. The van der Waals surface area contributed by atoms with Gasteiger partial charge in [0.25, 0.3) is 16.3 Å². The van der Waals surface area contributed by atoms with Gasteiger partial charge in [0.15, 0.2) is 5.69 Å². The number of hydrazine groups is 1. The maximum atomic E-state index is 13.5. The summed E-state index contributed by atoms with van der Waals surface area (Å²) in [6.07, 6.45) is -8.69. The van der Waals surface area contributed by atoms with Crippen LogP contribution in [0.5, 0.6) is 0 Å². The van der Waals surface area contributed by atoms with E-state index in [1.807, 2.05) is 11.6 Å². The Hall–Kier alpha value is -5.40. The van der Waals surface area contributed by atoms with Crippen molar-refractivity contribution in [3.63, 3.8) is 0 Å². The number of rotatable bonds is 13. The Morgan fingerprint density at radius 3 is 2.37 bits per heavy atom. The molecule has 0 aliphatic carbocycles. The van der Waals surface area contributed by atoms with Crippen LogP contribution in [-0.4, -0.2) is 78.3 Å². The SMILES string of the molecule is CCOC(=O)OC(C)O/N=[N+](\[O-])N1CC(OC(=O)CCC(=O)NS(=O)(=O)c2ccc(-n3nc(C(F)(F)F)cc3-c3ccc(C)cc3)cc2)C1. The second kappa shape index (κ2) is 15.2. The lowest BCUT2D eigenvalue weighted by Gasteiger charge is -2.33. The largest absolute Gasteiger partial charge is 0.569 e. The lowest BCUT2D eigenvalue weighted by atomic mass is 10.1. The number of alkyl halides is 3. The van der Waals surface area contributed by atoms with E-state index >= 15 is 0 Å². The maximum absolute atomic E-state index is 13.5. The van der Waals surface area contributed by atoms with Crippen LogP contribution < -0.4 is 4.72 Å². The lowest BCUT2D eigenvalue weighted by Crippen LogP contribution is -2.55. The predicted molar refractivity (Wildman–Crippen MR) is 159 cm³/mol. The van der Waals surface area contributed by atoms with Crippen LogP contribution in [0.15, 0.2) is 64.8 Å². The van der Waals surface area contributed by atoms with Crippen LogP contribution >= 0.6 is 0 Å². The van der Waals surface area contributed by atoms with E-state index in [0.717, 1.165) is 33.5 Å². The second-order valence-corrected chi connectivity index (χ2v) is 12.2. The van der Waals surface area contributed by atoms with E-state index in [9.17, 15) is 41.2 Å². The third-order valence-electron chi connectivity index (χ3n) is 6.70. The summed E-state index contributed by atoms with van der Waals surface area (Å²) < 4.78 is 83.3. The number of hydrogen-bond acceptors (Lipinski definition) is 12. The number of halogens is 3. The van der Waals surface area contributed by atoms with Crippen molar-refractivity contribution in [3.8, 4) is 16.9 Å². The fraction of sp³-hybridized carbons (Fsp3) is 0.379. The fourth-order valence-electron chi connectivity index (χ4n) is 4.23. The average Bonchev–Trinajstić information content (AvgIpc) is 3.47. The normalized spacial score (nSPS) is 14.4. The van der Waals surface area contributed by atoms with Gasteiger partial charge < -0.3 is 19.4 Å². The standard InChI is InChI=1S/C29H31F3N6O10S/c1-4-45-28(41)46-19(3)48-35-38(42)36-16-22(17-36)47-27(40)14-13-26(39)34-49(43,44)23-11-9-21(10-12-23)37-24(15-25(33-37)29(30,31)32)20-7-5-18(2)6-8-20/h5-12,15,19,22H,4,13-14,16-17H2,1-3H3,(H,34,39)/b38-35-. The van der Waals surface area contributed by atoms with Crippen LogP contribution in [0.4, 0.5) is 18.0 Å². The number of hydrogen-bond donors (Lipinski definition) is 1. The predicted octanol–water partition coefficient (Wildman–Crippen LogP) is 4.01. The summed E-state index contributed by atoms with van der Waals surface area (Å²) in [6.45, 7) is 4.65. The van der Waals surface area contributed by atoms with E-state index < -0.39 is 65.2 Å². The highest BCUT2D eigenvalue weighted by Gasteiger charge is 2.37. The van der Waals surface area contributed by atoms with Gasteiger partial charge in [-0.25, -0.2) is 22.6 Å². The number of benzene rings is 2. The van der Waals surface area contributed by atoms with Gasteiger partial charge in [-0.3, -0.25) is 14.4 Å². The molecule has 1 saturated heterocycles. The maximum Gasteiger partial charge on any atom is 0.511 e. The Balaban J connectivity index is 1.27. The molecule has 2 aromatic carbocycles. The quantitative estimate of drug-likeness (QED) is 0.0881. The van der Waals surface area contributed by atoms with Crippen LogP contribution in [-0.2, 0) is 44.8 Å². The number of esters is 1. The summed E-state index contributed by atoms with van der Waals surface area (Å²) in [4.78, 5) is 40.2. The molecule has 1 aromatic heterocycles. The van der Waals surface area contributed by atoms with Gasteiger partial charge >= 0.3 is 18.3 Å². The van der Waals surface area contributed by atoms with Crippen molar-refractivity contribution in [3.05, 3.63) is 71.1 Å². The summed E-state index contributed by atoms with van der Waals surface area (Å²) in [5.41, 5.74) is 0.468. The number of ether oxygens (including phenoxy) is 3. The Morgan fingerprint density at radius 2 is 1.76 bits per heavy atom. The number of amides is 1. The first-order chi connectivity index (χ1) is 23.0. The van der Waals surface area contributed by atoms with Gasteiger partial charge in [-0.15, -0.1) is 5.01 Å². The third-order valence-corrected chi connectivity index (χ3v) is 8.09. The molecule has 1 aliphatic heterocycles. The van der Waals surface area contributed by atoms with E-state index in [1.165, 1.54) is 19.1 Å². The number of nitrogens with one attached hydrogen (secondary N) is 1. The number of aryl methyl sites for hydroxylation is 1. The van der Waals surface area contributed by atoms with E-state index in [0.29, 0.717) is 5.56 Å². The molecule has 2 heterocycles. The van der Waals surface area contributed by atoms with E-state index in [4.69, 9.17) is 9.57 Å². The molecule has 1 amide bonds. The number of carbonyl (C=O) groups is 3. The first-order valence-corrected chi connectivity index (χ1v) is 16.1. The Bertz CT molecular complexity index is 1790. The Labute approximate surface area is 277 Å². The van der Waals surface area contributed by atoms with Crippen molar-refractivity contribution < 1.29 is 60.0 Å². The highest BCUT2D eigenvalue weighted by atomic mass is 32.2. The molecule has 4 rings (SSSR count). The summed E-state index contributed by atoms with van der Waals surface area (Å²) >= 11 is 0. The highest BCUT2D eigenvalue weighted by molar-refractivity contribution is 7.90. The second-order valence-electron chi connectivity index (χ2n) is 10.5. The van der Waals surface area contributed by atoms with Gasteiger partial charge in [-0.05, 0) is 44.2 Å². The van der Waals surface area contributed by atoms with Crippen LogP contribution in [0.2, 0.25) is 0 Å². The molecule has 20 heteroatoms. The van der Waals surface area contributed by atoms with Crippen LogP contribution in [0, 0.1) is 12.1 Å². The van der Waals surface area contributed by atoms with E-state index in [1.54, 1.807) is 31.2 Å². The van der Waals surface area contributed by atoms with Gasteiger partial charge in [0.2, 0.25) is 11.2 Å². The topological polar surface area (TPSA) is 194 Å². The van der Waals surface area contributed by atoms with Crippen molar-refractivity contribution in [1.82, 2.24) is 19.5 Å². The number of carbonyl (C=O) groups excluding carboxylic acids is 3. The highest BCUT2D eigenvalue weighted by Crippen LogP contribution is 2.33. The molecule has 264 valence electrons. The van der Waals surface area contributed by atoms with Gasteiger partial charge in [-0.2, -0.15) is 18.3 Å². The van der Waals surface area contributed by atoms with Crippen LogP contribution in [0.3, 0.4) is 0 Å². The molecular formula is C29H31F3N6O10S. The van der Waals surface area contributed by atoms with Gasteiger partial charge in [0.1, 0.15) is 19.2 Å². The summed E-state index contributed by atoms with van der Waals surface area (Å²) in [6, 6.07) is 12.3. The zero-order chi connectivity index (χ0) is 35.9. The molecule has 0 bridgehead atoms. The molecule has 1 atom stereocenters. The number of nitrogens with zero attached hydrogens (tertiary/aromatic N) is 5. The molecule has 1 unspecified atom stereocenters. The number of aromatic nitrogens is 2. The minimum atomic E-state index is -4.73. The zero-order valence-corrected chi connectivity index (χ0v) is 27.1. The Kier molecular flexibility index (Phi) is 11.3. The zero-order valence-electron chi connectivity index (χ0n) is 26.2. The van der Waals surface area contributed by atoms with Crippen LogP contribution in [0.1, 0.15) is 37.9 Å². The minimum Gasteiger partial charge on any atom is -0.569 e. The first-order valence-electron chi connectivity index (χ1n) is 14.6. The molecule has 16 nitrogen and oxygen atoms in total. The van der Waals surface area contributed by atoms with Crippen molar-refractivity contribution >= 4 is 28.1 Å². The molecular weight excluding hydrogens is 681 g/mol. The van der Waals surface area contributed by atoms with Crippen LogP contribution in [0.25, 0.3) is 16.9 Å². The van der Waals surface area contributed by atoms with Gasteiger partial charge in [-0.1, -0.05) is 29.8 Å². The molecule has 1 fully saturated rings. The molecule has 1 aliphatic rings. The summed E-state index contributed by atoms with van der Waals surface area (Å²) in [5.74, 6) is -1.84. The molecule has 1 N–H and O–H groups in total. The smallest absolute Gasteiger partial charge is 0.511 e. The van der Waals surface area contributed by atoms with Crippen molar-refractivity contribution in [2.45, 2.75) is 57.1 Å². The average molecular weight is 713 g/mol. The summed E-state index contributed by atoms with van der Waals surface area (Å²) in [7, 11) is -4.41.